The third kappa shape index (κ3) is 4.17. The first-order chi connectivity index (χ1) is 8.24. The van der Waals surface area contributed by atoms with E-state index in [4.69, 9.17) is 11.6 Å². The normalized spacial score (nSPS) is 13.2. The van der Waals surface area contributed by atoms with Crippen molar-refractivity contribution in [2.45, 2.75) is 24.0 Å². The lowest BCUT2D eigenvalue weighted by Gasteiger charge is -2.14. The summed E-state index contributed by atoms with van der Waals surface area (Å²) in [7, 11) is 0. The number of halogens is 5. The molecule has 1 aromatic rings. The van der Waals surface area contributed by atoms with Gasteiger partial charge in [0, 0.05) is 10.9 Å². The number of ether oxygens (including phenoxy) is 1. The predicted molar refractivity (Wildman–Crippen MR) is 65.0 cm³/mol. The molecule has 0 amide bonds. The molecule has 0 heterocycles. The molecule has 0 bridgehead atoms. The Morgan fingerprint density at radius 1 is 1.50 bits per heavy atom. The van der Waals surface area contributed by atoms with Crippen LogP contribution < -0.4 is 4.74 Å². The molecule has 0 fully saturated rings. The smallest absolute Gasteiger partial charge is 0.405 e. The van der Waals surface area contributed by atoms with Crippen LogP contribution >= 0.6 is 27.5 Å². The second-order valence-electron chi connectivity index (χ2n) is 3.52. The van der Waals surface area contributed by atoms with Crippen molar-refractivity contribution in [2.75, 3.05) is 0 Å². The van der Waals surface area contributed by atoms with Crippen LogP contribution in [0, 0.1) is 0 Å². The highest BCUT2D eigenvalue weighted by Crippen LogP contribution is 2.32. The Kier molecular flexibility index (Phi) is 5.04. The van der Waals surface area contributed by atoms with E-state index >= 15 is 0 Å². The van der Waals surface area contributed by atoms with Crippen LogP contribution in [-0.4, -0.2) is 12.1 Å². The lowest BCUT2D eigenvalue weighted by atomic mass is 10.1. The van der Waals surface area contributed by atoms with Gasteiger partial charge in [-0.1, -0.05) is 22.0 Å². The van der Waals surface area contributed by atoms with Crippen molar-refractivity contribution in [3.05, 3.63) is 29.3 Å². The summed E-state index contributed by atoms with van der Waals surface area (Å²) in [4.78, 5) is 11.1. The number of hydrogen-bond donors (Lipinski definition) is 0. The number of ketones is 1. The largest absolute Gasteiger partial charge is 0.573 e. The predicted octanol–water partition coefficient (Wildman–Crippen LogP) is 4.35. The molecule has 0 saturated heterocycles. The van der Waals surface area contributed by atoms with Crippen LogP contribution in [0.1, 0.15) is 23.4 Å². The Morgan fingerprint density at radius 3 is 2.56 bits per heavy atom. The number of carbonyl (C=O) groups excluding carboxylic acids is 1. The SMILES string of the molecule is CC(=O)C(Cl)c1ccc(OC(F)(F)F)c(CBr)c1. The maximum absolute atomic E-state index is 12.1. The molecule has 0 aliphatic heterocycles. The minimum absolute atomic E-state index is 0.160. The summed E-state index contributed by atoms with van der Waals surface area (Å²) >= 11 is 8.89. The second kappa shape index (κ2) is 5.93. The van der Waals surface area contributed by atoms with Crippen molar-refractivity contribution in [1.29, 1.82) is 0 Å². The van der Waals surface area contributed by atoms with E-state index in [1.54, 1.807) is 0 Å². The fourth-order valence-electron chi connectivity index (χ4n) is 1.32. The third-order valence-corrected chi connectivity index (χ3v) is 3.27. The van der Waals surface area contributed by atoms with E-state index in [-0.39, 0.29) is 22.4 Å². The molecule has 0 aliphatic carbocycles. The molecule has 1 atom stereocenters. The van der Waals surface area contributed by atoms with Crippen molar-refractivity contribution in [3.8, 4) is 5.75 Å². The zero-order chi connectivity index (χ0) is 13.9. The Hall–Kier alpha value is -0.750. The van der Waals surface area contributed by atoms with Crippen molar-refractivity contribution in [1.82, 2.24) is 0 Å². The third-order valence-electron chi connectivity index (χ3n) is 2.10. The summed E-state index contributed by atoms with van der Waals surface area (Å²) in [6.07, 6.45) is -4.75. The van der Waals surface area contributed by atoms with Gasteiger partial charge in [-0.2, -0.15) is 0 Å². The second-order valence-corrected chi connectivity index (χ2v) is 4.52. The quantitative estimate of drug-likeness (QED) is 0.758. The summed E-state index contributed by atoms with van der Waals surface area (Å²) < 4.78 is 40.2. The summed E-state index contributed by atoms with van der Waals surface area (Å²) in [5.41, 5.74) is 0.713. The molecule has 0 aromatic heterocycles. The van der Waals surface area contributed by atoms with E-state index in [9.17, 15) is 18.0 Å². The van der Waals surface area contributed by atoms with Crippen LogP contribution in [0.3, 0.4) is 0 Å². The van der Waals surface area contributed by atoms with Crippen LogP contribution in [-0.2, 0) is 10.1 Å². The monoisotopic (exact) mass is 344 g/mol. The highest BCUT2D eigenvalue weighted by molar-refractivity contribution is 9.08. The number of carbonyl (C=O) groups is 1. The fraction of sp³-hybridized carbons (Fsp3) is 0.364. The van der Waals surface area contributed by atoms with Gasteiger partial charge in [0.25, 0.3) is 0 Å². The molecule has 0 N–H and O–H groups in total. The zero-order valence-corrected chi connectivity index (χ0v) is 11.6. The lowest BCUT2D eigenvalue weighted by Crippen LogP contribution is -2.18. The zero-order valence-electron chi connectivity index (χ0n) is 9.22. The lowest BCUT2D eigenvalue weighted by molar-refractivity contribution is -0.274. The maximum atomic E-state index is 12.1. The first-order valence-electron chi connectivity index (χ1n) is 4.83. The van der Waals surface area contributed by atoms with Crippen LogP contribution in [0.25, 0.3) is 0 Å². The molecule has 0 spiro atoms. The summed E-state index contributed by atoms with van der Waals surface area (Å²) in [6.45, 7) is 1.31. The Labute approximate surface area is 115 Å². The first kappa shape index (κ1) is 15.3. The topological polar surface area (TPSA) is 26.3 Å². The van der Waals surface area contributed by atoms with E-state index in [2.05, 4.69) is 20.7 Å². The number of alkyl halides is 5. The van der Waals surface area contributed by atoms with Gasteiger partial charge in [0.05, 0.1) is 0 Å². The Morgan fingerprint density at radius 2 is 2.11 bits per heavy atom. The molecule has 18 heavy (non-hydrogen) atoms. The average molecular weight is 346 g/mol. The molecule has 100 valence electrons. The van der Waals surface area contributed by atoms with Crippen molar-refractivity contribution in [3.63, 3.8) is 0 Å². The summed E-state index contributed by atoms with van der Waals surface area (Å²) in [6, 6.07) is 3.90. The first-order valence-corrected chi connectivity index (χ1v) is 6.39. The van der Waals surface area contributed by atoms with E-state index < -0.39 is 11.7 Å². The molecule has 2 nitrogen and oxygen atoms in total. The van der Waals surface area contributed by atoms with Crippen LogP contribution in [0.5, 0.6) is 5.75 Å². The minimum Gasteiger partial charge on any atom is -0.405 e. The number of rotatable bonds is 4. The number of Topliss-reactive ketones (excluding diaryl/α,β-unsaturated/α-hetero) is 1. The van der Waals surface area contributed by atoms with Crippen molar-refractivity contribution in [2.24, 2.45) is 0 Å². The van der Waals surface area contributed by atoms with Crippen LogP contribution in [0.2, 0.25) is 0 Å². The molecular weight excluding hydrogens is 336 g/mol. The Balaban J connectivity index is 3.07. The van der Waals surface area contributed by atoms with E-state index in [0.29, 0.717) is 5.56 Å². The van der Waals surface area contributed by atoms with Gasteiger partial charge in [0.15, 0.2) is 5.78 Å². The van der Waals surface area contributed by atoms with E-state index in [1.807, 2.05) is 0 Å². The van der Waals surface area contributed by atoms with Gasteiger partial charge in [-0.05, 0) is 24.6 Å². The van der Waals surface area contributed by atoms with Gasteiger partial charge in [-0.15, -0.1) is 24.8 Å². The highest BCUT2D eigenvalue weighted by Gasteiger charge is 2.32. The summed E-state index contributed by atoms with van der Waals surface area (Å²) in [5.74, 6) is -0.586. The molecule has 0 radical (unpaired) electrons. The van der Waals surface area contributed by atoms with Crippen molar-refractivity contribution >= 4 is 33.3 Å². The van der Waals surface area contributed by atoms with Gasteiger partial charge < -0.3 is 4.74 Å². The molecule has 7 heteroatoms. The van der Waals surface area contributed by atoms with Crippen LogP contribution in [0.15, 0.2) is 18.2 Å². The fourth-order valence-corrected chi connectivity index (χ4v) is 1.89. The summed E-state index contributed by atoms with van der Waals surface area (Å²) in [5, 5.41) is -0.712. The Bertz CT molecular complexity index is 448. The molecule has 1 rings (SSSR count). The molecule has 1 unspecified atom stereocenters. The maximum Gasteiger partial charge on any atom is 0.573 e. The van der Waals surface area contributed by atoms with E-state index in [1.165, 1.54) is 19.1 Å². The van der Waals surface area contributed by atoms with Crippen molar-refractivity contribution < 1.29 is 22.7 Å². The molecule has 0 aliphatic rings. The van der Waals surface area contributed by atoms with E-state index in [0.717, 1.165) is 6.07 Å². The van der Waals surface area contributed by atoms with Gasteiger partial charge in [0.1, 0.15) is 11.1 Å². The van der Waals surface area contributed by atoms with Gasteiger partial charge in [-0.3, -0.25) is 4.79 Å². The standard InChI is InChI=1S/C11H9BrClF3O2/c1-6(17)10(13)7-2-3-9(8(4-7)5-12)18-11(14,15)16/h2-4,10H,5H2,1H3. The van der Waals surface area contributed by atoms with Gasteiger partial charge >= 0.3 is 6.36 Å². The molecule has 1 aromatic carbocycles. The number of benzene rings is 1. The minimum atomic E-state index is -4.75. The van der Waals surface area contributed by atoms with Gasteiger partial charge in [0.2, 0.25) is 0 Å². The highest BCUT2D eigenvalue weighted by atomic mass is 79.9. The van der Waals surface area contributed by atoms with Gasteiger partial charge in [-0.25, -0.2) is 0 Å². The van der Waals surface area contributed by atoms with Crippen LogP contribution in [0.4, 0.5) is 13.2 Å². The molecular formula is C11H9BrClF3O2. The number of hydrogen-bond acceptors (Lipinski definition) is 2. The average Bonchev–Trinajstić information content (AvgIpc) is 2.26. The molecule has 0 saturated carbocycles.